The minimum absolute atomic E-state index is 0.141. The molecule has 21 heavy (non-hydrogen) atoms. The summed E-state index contributed by atoms with van der Waals surface area (Å²) in [6.45, 7) is 0. The zero-order valence-corrected chi connectivity index (χ0v) is 11.1. The topological polar surface area (TPSA) is 76.2 Å². The molecule has 1 aromatic carbocycles. The van der Waals surface area contributed by atoms with Gasteiger partial charge in [-0.1, -0.05) is 29.4 Å². The Morgan fingerprint density at radius 2 is 2.05 bits per heavy atom. The van der Waals surface area contributed by atoms with E-state index in [0.717, 1.165) is 0 Å². The summed E-state index contributed by atoms with van der Waals surface area (Å²) in [5.41, 5.74) is 0.241. The third-order valence-corrected chi connectivity index (χ3v) is 3.62. The summed E-state index contributed by atoms with van der Waals surface area (Å²) in [6, 6.07) is 6.12. The maximum absolute atomic E-state index is 13.7. The van der Waals surface area contributed by atoms with E-state index in [1.54, 1.807) is 18.2 Å². The van der Waals surface area contributed by atoms with Gasteiger partial charge >= 0.3 is 5.97 Å². The van der Waals surface area contributed by atoms with Crippen molar-refractivity contribution in [3.63, 3.8) is 0 Å². The van der Waals surface area contributed by atoms with Crippen LogP contribution < -0.4 is 0 Å². The summed E-state index contributed by atoms with van der Waals surface area (Å²) in [5, 5.41) is 13.0. The third-order valence-electron chi connectivity index (χ3n) is 3.62. The van der Waals surface area contributed by atoms with E-state index in [9.17, 15) is 14.3 Å². The van der Waals surface area contributed by atoms with Crippen LogP contribution in [-0.4, -0.2) is 21.2 Å². The number of carbonyl (C=O) groups is 1. The number of rotatable bonds is 3. The molecule has 5 nitrogen and oxygen atoms in total. The minimum atomic E-state index is -0.894. The molecular formula is C15H13FN2O3. The van der Waals surface area contributed by atoms with Crippen molar-refractivity contribution in [3.8, 4) is 11.4 Å². The van der Waals surface area contributed by atoms with E-state index < -0.39 is 17.7 Å². The number of allylic oxidation sites excluding steroid dienone is 2. The molecule has 1 aliphatic rings. The average Bonchev–Trinajstić information content (AvgIpc) is 2.97. The van der Waals surface area contributed by atoms with E-state index in [1.807, 2.05) is 12.2 Å². The molecule has 1 aliphatic carbocycles. The lowest BCUT2D eigenvalue weighted by Gasteiger charge is -2.21. The van der Waals surface area contributed by atoms with Crippen LogP contribution in [0.3, 0.4) is 0 Å². The normalized spacial score (nSPS) is 21.4. The molecule has 0 fully saturated rings. The van der Waals surface area contributed by atoms with Gasteiger partial charge in [-0.2, -0.15) is 4.98 Å². The highest BCUT2D eigenvalue weighted by Gasteiger charge is 2.34. The van der Waals surface area contributed by atoms with E-state index >= 15 is 0 Å². The Kier molecular flexibility index (Phi) is 3.51. The molecule has 108 valence electrons. The van der Waals surface area contributed by atoms with Crippen LogP contribution in [0.4, 0.5) is 4.39 Å². The van der Waals surface area contributed by atoms with Crippen molar-refractivity contribution < 1.29 is 18.8 Å². The predicted molar refractivity (Wildman–Crippen MR) is 71.9 cm³/mol. The summed E-state index contributed by atoms with van der Waals surface area (Å²) in [4.78, 5) is 15.5. The maximum atomic E-state index is 13.7. The fourth-order valence-electron chi connectivity index (χ4n) is 2.50. The molecular weight excluding hydrogens is 275 g/mol. The highest BCUT2D eigenvalue weighted by molar-refractivity contribution is 5.71. The fourth-order valence-corrected chi connectivity index (χ4v) is 2.50. The number of aromatic nitrogens is 2. The number of carboxylic acid groups (broad SMARTS) is 1. The molecule has 0 radical (unpaired) electrons. The number of benzene rings is 1. The summed E-state index contributed by atoms with van der Waals surface area (Å²) in [6.07, 6.45) is 4.69. The Balaban J connectivity index is 1.93. The number of nitrogens with zero attached hydrogens (tertiary/aromatic N) is 2. The van der Waals surface area contributed by atoms with Crippen LogP contribution in [-0.2, 0) is 4.79 Å². The van der Waals surface area contributed by atoms with Crippen LogP contribution in [0.5, 0.6) is 0 Å². The minimum Gasteiger partial charge on any atom is -0.481 e. The number of hydrogen-bond donors (Lipinski definition) is 1. The number of carboxylic acids is 1. The van der Waals surface area contributed by atoms with E-state index in [4.69, 9.17) is 4.52 Å². The smallest absolute Gasteiger partial charge is 0.307 e. The van der Waals surface area contributed by atoms with Gasteiger partial charge in [0.1, 0.15) is 5.82 Å². The molecule has 1 aromatic heterocycles. The van der Waals surface area contributed by atoms with Crippen LogP contribution in [0.2, 0.25) is 0 Å². The molecule has 2 unspecified atom stereocenters. The van der Waals surface area contributed by atoms with Crippen LogP contribution in [0, 0.1) is 11.7 Å². The van der Waals surface area contributed by atoms with Crippen molar-refractivity contribution in [1.82, 2.24) is 10.1 Å². The van der Waals surface area contributed by atoms with Gasteiger partial charge in [-0.05, 0) is 25.0 Å². The second-order valence-corrected chi connectivity index (χ2v) is 4.93. The molecule has 2 aromatic rings. The fraction of sp³-hybridized carbons (Fsp3) is 0.267. The molecule has 0 bridgehead atoms. The quantitative estimate of drug-likeness (QED) is 0.878. The number of hydrogen-bond acceptors (Lipinski definition) is 4. The molecule has 0 amide bonds. The van der Waals surface area contributed by atoms with Crippen molar-refractivity contribution in [1.29, 1.82) is 0 Å². The first-order valence-corrected chi connectivity index (χ1v) is 6.63. The zero-order chi connectivity index (χ0) is 14.8. The monoisotopic (exact) mass is 288 g/mol. The Morgan fingerprint density at radius 1 is 1.29 bits per heavy atom. The summed E-state index contributed by atoms with van der Waals surface area (Å²) < 4.78 is 18.9. The second kappa shape index (κ2) is 5.47. The van der Waals surface area contributed by atoms with Crippen LogP contribution >= 0.6 is 0 Å². The Morgan fingerprint density at radius 3 is 2.81 bits per heavy atom. The lowest BCUT2D eigenvalue weighted by molar-refractivity contribution is -0.142. The Bertz CT molecular complexity index is 696. The van der Waals surface area contributed by atoms with Crippen LogP contribution in [0.1, 0.15) is 24.7 Å². The second-order valence-electron chi connectivity index (χ2n) is 4.93. The standard InChI is InChI=1S/C15H13FN2O3/c16-12-8-4-3-7-11(12)13-17-14(21-18-13)9-5-1-2-6-10(9)15(19)20/h1-4,7-10H,5-6H2,(H,19,20). The van der Waals surface area contributed by atoms with E-state index in [-0.39, 0.29) is 23.2 Å². The number of halogens is 1. The highest BCUT2D eigenvalue weighted by Crippen LogP contribution is 2.34. The van der Waals surface area contributed by atoms with E-state index in [2.05, 4.69) is 10.1 Å². The van der Waals surface area contributed by atoms with Crippen LogP contribution in [0.25, 0.3) is 11.4 Å². The third kappa shape index (κ3) is 2.56. The summed E-state index contributed by atoms with van der Waals surface area (Å²) in [5.74, 6) is -1.92. The molecule has 0 saturated carbocycles. The highest BCUT2D eigenvalue weighted by atomic mass is 19.1. The first-order valence-electron chi connectivity index (χ1n) is 6.63. The van der Waals surface area contributed by atoms with Crippen molar-refractivity contribution in [2.75, 3.05) is 0 Å². The van der Waals surface area contributed by atoms with Crippen LogP contribution in [0.15, 0.2) is 40.9 Å². The summed E-state index contributed by atoms with van der Waals surface area (Å²) in [7, 11) is 0. The Labute approximate surface area is 120 Å². The lowest BCUT2D eigenvalue weighted by atomic mass is 9.83. The average molecular weight is 288 g/mol. The first-order chi connectivity index (χ1) is 10.2. The molecule has 2 atom stereocenters. The van der Waals surface area contributed by atoms with Gasteiger partial charge in [0, 0.05) is 0 Å². The van der Waals surface area contributed by atoms with Crippen molar-refractivity contribution >= 4 is 5.97 Å². The van der Waals surface area contributed by atoms with Gasteiger partial charge in [0.05, 0.1) is 17.4 Å². The molecule has 1 N–H and O–H groups in total. The van der Waals surface area contributed by atoms with Crippen molar-refractivity contribution in [2.45, 2.75) is 18.8 Å². The van der Waals surface area contributed by atoms with Crippen molar-refractivity contribution in [2.24, 2.45) is 5.92 Å². The zero-order valence-electron chi connectivity index (χ0n) is 11.1. The first kappa shape index (κ1) is 13.5. The van der Waals surface area contributed by atoms with Gasteiger partial charge in [0.15, 0.2) is 0 Å². The van der Waals surface area contributed by atoms with Gasteiger partial charge in [-0.25, -0.2) is 4.39 Å². The van der Waals surface area contributed by atoms with Crippen molar-refractivity contribution in [3.05, 3.63) is 48.1 Å². The van der Waals surface area contributed by atoms with Gasteiger partial charge in [0.25, 0.3) is 0 Å². The van der Waals surface area contributed by atoms with Gasteiger partial charge < -0.3 is 9.63 Å². The van der Waals surface area contributed by atoms with E-state index in [0.29, 0.717) is 12.8 Å². The number of aliphatic carboxylic acids is 1. The van der Waals surface area contributed by atoms with E-state index in [1.165, 1.54) is 6.07 Å². The van der Waals surface area contributed by atoms with Gasteiger partial charge in [-0.3, -0.25) is 4.79 Å². The molecule has 3 rings (SSSR count). The molecule has 0 aliphatic heterocycles. The summed E-state index contributed by atoms with van der Waals surface area (Å²) >= 11 is 0. The SMILES string of the molecule is O=C(O)C1CC=CCC1c1nc(-c2ccccc2F)no1. The van der Waals surface area contributed by atoms with Gasteiger partial charge in [0.2, 0.25) is 11.7 Å². The Hall–Kier alpha value is -2.50. The largest absolute Gasteiger partial charge is 0.481 e. The molecule has 6 heteroatoms. The molecule has 0 saturated heterocycles. The van der Waals surface area contributed by atoms with Gasteiger partial charge in [-0.15, -0.1) is 0 Å². The molecule has 1 heterocycles. The maximum Gasteiger partial charge on any atom is 0.307 e. The molecule has 0 spiro atoms. The predicted octanol–water partition coefficient (Wildman–Crippen LogP) is 3.01. The lowest BCUT2D eigenvalue weighted by Crippen LogP contribution is -2.23.